The van der Waals surface area contributed by atoms with Gasteiger partial charge in [-0.3, -0.25) is 4.98 Å². The van der Waals surface area contributed by atoms with Crippen molar-refractivity contribution in [3.05, 3.63) is 78.3 Å². The average molecular weight is 373 g/mol. The SMILES string of the molecule is CC(c1ncc2ccccn12)C1CCC(c2ccnc3ccc(F)cc23)CC1. The molecule has 3 nitrogen and oxygen atoms in total. The zero-order chi connectivity index (χ0) is 19.1. The van der Waals surface area contributed by atoms with Crippen LogP contribution in [0.5, 0.6) is 0 Å². The maximum Gasteiger partial charge on any atom is 0.123 e. The molecule has 1 atom stereocenters. The predicted molar refractivity (Wildman–Crippen MR) is 110 cm³/mol. The van der Waals surface area contributed by atoms with Gasteiger partial charge in [-0.05, 0) is 79.5 Å². The van der Waals surface area contributed by atoms with Gasteiger partial charge in [0, 0.05) is 23.7 Å². The van der Waals surface area contributed by atoms with E-state index in [1.165, 1.54) is 24.5 Å². The van der Waals surface area contributed by atoms with Crippen molar-refractivity contribution in [2.75, 3.05) is 0 Å². The van der Waals surface area contributed by atoms with Gasteiger partial charge in [0.2, 0.25) is 0 Å². The Hall–Kier alpha value is -2.75. The third-order valence-electron chi connectivity index (χ3n) is 6.53. The molecule has 1 aliphatic rings. The Labute approximate surface area is 164 Å². The van der Waals surface area contributed by atoms with Crippen LogP contribution in [0.1, 0.15) is 55.8 Å². The van der Waals surface area contributed by atoms with E-state index in [0.29, 0.717) is 17.8 Å². The number of halogens is 1. The van der Waals surface area contributed by atoms with E-state index in [-0.39, 0.29) is 5.82 Å². The monoisotopic (exact) mass is 373 g/mol. The summed E-state index contributed by atoms with van der Waals surface area (Å²) in [4.78, 5) is 9.12. The number of pyridine rings is 2. The molecule has 0 amide bonds. The van der Waals surface area contributed by atoms with Crippen LogP contribution in [0.3, 0.4) is 0 Å². The first-order chi connectivity index (χ1) is 13.7. The van der Waals surface area contributed by atoms with Gasteiger partial charge in [-0.25, -0.2) is 9.37 Å². The van der Waals surface area contributed by atoms with Gasteiger partial charge in [-0.1, -0.05) is 13.0 Å². The Balaban J connectivity index is 1.36. The van der Waals surface area contributed by atoms with Crippen molar-refractivity contribution < 1.29 is 4.39 Å². The van der Waals surface area contributed by atoms with Crippen molar-refractivity contribution in [2.24, 2.45) is 5.92 Å². The van der Waals surface area contributed by atoms with Crippen LogP contribution in [0.2, 0.25) is 0 Å². The summed E-state index contributed by atoms with van der Waals surface area (Å²) in [6.07, 6.45) is 10.6. The lowest BCUT2D eigenvalue weighted by molar-refractivity contribution is 0.285. The molecule has 1 aliphatic carbocycles. The number of benzene rings is 1. The molecule has 5 rings (SSSR count). The number of hydrogen-bond donors (Lipinski definition) is 0. The number of aromatic nitrogens is 3. The van der Waals surface area contributed by atoms with Crippen molar-refractivity contribution in [2.45, 2.75) is 44.4 Å². The fourth-order valence-corrected chi connectivity index (χ4v) is 4.94. The summed E-state index contributed by atoms with van der Waals surface area (Å²) in [5.41, 5.74) is 3.29. The van der Waals surface area contributed by atoms with Crippen molar-refractivity contribution in [1.29, 1.82) is 0 Å². The summed E-state index contributed by atoms with van der Waals surface area (Å²) in [7, 11) is 0. The lowest BCUT2D eigenvalue weighted by Gasteiger charge is -2.32. The third-order valence-corrected chi connectivity index (χ3v) is 6.53. The summed E-state index contributed by atoms with van der Waals surface area (Å²) < 4.78 is 16.0. The molecule has 0 bridgehead atoms. The van der Waals surface area contributed by atoms with Crippen molar-refractivity contribution in [1.82, 2.24) is 14.4 Å². The Morgan fingerprint density at radius 3 is 2.75 bits per heavy atom. The van der Waals surface area contributed by atoms with Gasteiger partial charge in [0.25, 0.3) is 0 Å². The molecule has 4 aromatic rings. The first-order valence-corrected chi connectivity index (χ1v) is 10.2. The zero-order valence-electron chi connectivity index (χ0n) is 16.1. The molecule has 0 N–H and O–H groups in total. The molecule has 0 radical (unpaired) electrons. The topological polar surface area (TPSA) is 30.2 Å². The van der Waals surface area contributed by atoms with Crippen LogP contribution in [0.25, 0.3) is 16.4 Å². The van der Waals surface area contributed by atoms with Gasteiger partial charge in [-0.2, -0.15) is 0 Å². The maximum absolute atomic E-state index is 13.8. The Morgan fingerprint density at radius 2 is 1.89 bits per heavy atom. The van der Waals surface area contributed by atoms with Crippen molar-refractivity contribution >= 4 is 16.4 Å². The fraction of sp³-hybridized carbons (Fsp3) is 0.333. The number of nitrogens with zero attached hydrogens (tertiary/aromatic N) is 3. The van der Waals surface area contributed by atoms with Crippen LogP contribution in [-0.4, -0.2) is 14.4 Å². The summed E-state index contributed by atoms with van der Waals surface area (Å²) in [6, 6.07) is 13.2. The van der Waals surface area contributed by atoms with Gasteiger partial charge >= 0.3 is 0 Å². The van der Waals surface area contributed by atoms with E-state index in [1.807, 2.05) is 12.4 Å². The number of fused-ring (bicyclic) bond motifs is 2. The van der Waals surface area contributed by atoms with Gasteiger partial charge in [-0.15, -0.1) is 0 Å². The highest BCUT2D eigenvalue weighted by molar-refractivity contribution is 5.82. The van der Waals surface area contributed by atoms with Crippen LogP contribution in [0, 0.1) is 11.7 Å². The average Bonchev–Trinajstić information content (AvgIpc) is 3.17. The molecule has 1 aromatic carbocycles. The van der Waals surface area contributed by atoms with Crippen LogP contribution < -0.4 is 0 Å². The largest absolute Gasteiger partial charge is 0.304 e. The summed E-state index contributed by atoms with van der Waals surface area (Å²) in [6.45, 7) is 2.31. The molecule has 3 aromatic heterocycles. The molecular formula is C24H24FN3. The quantitative estimate of drug-likeness (QED) is 0.434. The summed E-state index contributed by atoms with van der Waals surface area (Å²) >= 11 is 0. The normalized spacial score (nSPS) is 21.2. The summed E-state index contributed by atoms with van der Waals surface area (Å²) in [5.74, 6) is 2.52. The molecule has 0 spiro atoms. The van der Waals surface area contributed by atoms with Crippen LogP contribution in [0.4, 0.5) is 4.39 Å². The van der Waals surface area contributed by atoms with Crippen molar-refractivity contribution in [3.8, 4) is 0 Å². The second-order valence-electron chi connectivity index (χ2n) is 8.07. The summed E-state index contributed by atoms with van der Waals surface area (Å²) in [5, 5.41) is 0.971. The smallest absolute Gasteiger partial charge is 0.123 e. The molecule has 1 fully saturated rings. The van der Waals surface area contributed by atoms with Crippen LogP contribution >= 0.6 is 0 Å². The van der Waals surface area contributed by atoms with Crippen LogP contribution in [-0.2, 0) is 0 Å². The van der Waals surface area contributed by atoms with E-state index in [2.05, 4.69) is 46.8 Å². The molecular weight excluding hydrogens is 349 g/mol. The second kappa shape index (κ2) is 7.01. The molecule has 28 heavy (non-hydrogen) atoms. The Bertz CT molecular complexity index is 1130. The highest BCUT2D eigenvalue weighted by Gasteiger charge is 2.29. The third kappa shape index (κ3) is 2.97. The lowest BCUT2D eigenvalue weighted by Crippen LogP contribution is -2.20. The van der Waals surface area contributed by atoms with Crippen molar-refractivity contribution in [3.63, 3.8) is 0 Å². The minimum absolute atomic E-state index is 0.185. The first-order valence-electron chi connectivity index (χ1n) is 10.2. The van der Waals surface area contributed by atoms with Crippen LogP contribution in [0.15, 0.2) is 61.1 Å². The second-order valence-corrected chi connectivity index (χ2v) is 8.07. The van der Waals surface area contributed by atoms with E-state index in [9.17, 15) is 4.39 Å². The van der Waals surface area contributed by atoms with Gasteiger partial charge in [0.1, 0.15) is 11.6 Å². The molecule has 4 heteroatoms. The number of hydrogen-bond acceptors (Lipinski definition) is 2. The minimum atomic E-state index is -0.185. The molecule has 0 saturated heterocycles. The zero-order valence-corrected chi connectivity index (χ0v) is 16.1. The molecule has 1 saturated carbocycles. The molecule has 1 unspecified atom stereocenters. The molecule has 142 valence electrons. The first kappa shape index (κ1) is 17.4. The highest BCUT2D eigenvalue weighted by atomic mass is 19.1. The van der Waals surface area contributed by atoms with Gasteiger partial charge in [0.15, 0.2) is 0 Å². The van der Waals surface area contributed by atoms with E-state index in [0.717, 1.165) is 35.1 Å². The standard InChI is InChI=1S/C24H24FN3/c1-16(24-27-15-20-4-2-3-13-28(20)24)17-5-7-18(8-6-17)21-11-12-26-23-10-9-19(25)14-22(21)23/h2-4,9-18H,5-8H2,1H3. The molecule has 0 aliphatic heterocycles. The number of rotatable bonds is 3. The predicted octanol–water partition coefficient (Wildman–Crippen LogP) is 6.10. The maximum atomic E-state index is 13.8. The highest BCUT2D eigenvalue weighted by Crippen LogP contribution is 2.43. The number of imidazole rings is 1. The van der Waals surface area contributed by atoms with E-state index >= 15 is 0 Å². The minimum Gasteiger partial charge on any atom is -0.304 e. The lowest BCUT2D eigenvalue weighted by atomic mass is 9.73. The fourth-order valence-electron chi connectivity index (χ4n) is 4.94. The molecule has 3 heterocycles. The van der Waals surface area contributed by atoms with E-state index in [1.54, 1.807) is 12.1 Å². The van der Waals surface area contributed by atoms with Gasteiger partial charge < -0.3 is 4.40 Å². The van der Waals surface area contributed by atoms with Gasteiger partial charge in [0.05, 0.1) is 17.2 Å². The Morgan fingerprint density at radius 1 is 1.04 bits per heavy atom. The van der Waals surface area contributed by atoms with E-state index < -0.39 is 0 Å². The van der Waals surface area contributed by atoms with E-state index in [4.69, 9.17) is 4.98 Å². The Kier molecular flexibility index (Phi) is 4.34.